The van der Waals surface area contributed by atoms with Gasteiger partial charge in [0.15, 0.2) is 0 Å². The fourth-order valence-corrected chi connectivity index (χ4v) is 1.63. The van der Waals surface area contributed by atoms with Crippen molar-refractivity contribution in [2.75, 3.05) is 20.3 Å². The van der Waals surface area contributed by atoms with Gasteiger partial charge in [0.05, 0.1) is 11.7 Å². The average Bonchev–Trinajstić information content (AvgIpc) is 2.41. The predicted molar refractivity (Wildman–Crippen MR) is 74.8 cm³/mol. The van der Waals surface area contributed by atoms with Crippen molar-refractivity contribution in [3.63, 3.8) is 0 Å². The van der Waals surface area contributed by atoms with E-state index in [1.54, 1.807) is 7.11 Å². The zero-order chi connectivity index (χ0) is 14.1. The van der Waals surface area contributed by atoms with Crippen molar-refractivity contribution in [3.8, 4) is 0 Å². The number of pyridine rings is 1. The summed E-state index contributed by atoms with van der Waals surface area (Å²) >= 11 is 0. The Balaban J connectivity index is 2.26. The minimum absolute atomic E-state index is 0.00348. The van der Waals surface area contributed by atoms with Crippen molar-refractivity contribution < 1.29 is 9.53 Å². The lowest BCUT2D eigenvalue weighted by Gasteiger charge is -2.13. The molecule has 1 rings (SSSR count). The highest BCUT2D eigenvalue weighted by molar-refractivity contribution is 5.81. The minimum Gasteiger partial charge on any atom is -0.385 e. The molecule has 1 unspecified atom stereocenters. The molecule has 1 amide bonds. The smallest absolute Gasteiger partial charge is 0.236 e. The Labute approximate surface area is 114 Å². The third-order valence-electron chi connectivity index (χ3n) is 2.75. The Kier molecular flexibility index (Phi) is 7.07. The summed E-state index contributed by atoms with van der Waals surface area (Å²) in [6, 6.07) is 5.64. The molecule has 2 N–H and O–H groups in total. The SMILES string of the molecule is COCCCNC(=O)C(C)NCc1cccc(C)n1. The minimum atomic E-state index is -0.232. The number of rotatable bonds is 8. The Morgan fingerprint density at radius 1 is 1.47 bits per heavy atom. The van der Waals surface area contributed by atoms with Crippen LogP contribution in [0, 0.1) is 6.92 Å². The average molecular weight is 265 g/mol. The van der Waals surface area contributed by atoms with Crippen LogP contribution in [0.3, 0.4) is 0 Å². The first-order valence-corrected chi connectivity index (χ1v) is 6.56. The highest BCUT2D eigenvalue weighted by atomic mass is 16.5. The van der Waals surface area contributed by atoms with Gasteiger partial charge in [-0.3, -0.25) is 9.78 Å². The fourth-order valence-electron chi connectivity index (χ4n) is 1.63. The molecule has 1 heterocycles. The van der Waals surface area contributed by atoms with E-state index in [0.717, 1.165) is 17.8 Å². The molecule has 0 aromatic carbocycles. The van der Waals surface area contributed by atoms with Gasteiger partial charge in [-0.05, 0) is 32.4 Å². The lowest BCUT2D eigenvalue weighted by atomic mass is 10.2. The van der Waals surface area contributed by atoms with E-state index in [-0.39, 0.29) is 11.9 Å². The molecule has 1 aromatic heterocycles. The molecule has 0 spiro atoms. The number of methoxy groups -OCH3 is 1. The largest absolute Gasteiger partial charge is 0.385 e. The molecule has 106 valence electrons. The molecule has 0 radical (unpaired) electrons. The first-order valence-electron chi connectivity index (χ1n) is 6.56. The van der Waals surface area contributed by atoms with Crippen LogP contribution in [0.4, 0.5) is 0 Å². The summed E-state index contributed by atoms with van der Waals surface area (Å²) in [5.41, 5.74) is 1.93. The van der Waals surface area contributed by atoms with Gasteiger partial charge in [0, 0.05) is 32.5 Å². The van der Waals surface area contributed by atoms with Crippen LogP contribution in [0.2, 0.25) is 0 Å². The van der Waals surface area contributed by atoms with Gasteiger partial charge in [0.2, 0.25) is 5.91 Å². The number of aromatic nitrogens is 1. The van der Waals surface area contributed by atoms with E-state index in [0.29, 0.717) is 19.7 Å². The van der Waals surface area contributed by atoms with E-state index in [1.165, 1.54) is 0 Å². The Morgan fingerprint density at radius 3 is 2.95 bits per heavy atom. The zero-order valence-electron chi connectivity index (χ0n) is 11.9. The van der Waals surface area contributed by atoms with E-state index < -0.39 is 0 Å². The summed E-state index contributed by atoms with van der Waals surface area (Å²) in [4.78, 5) is 16.1. The number of hydrogen-bond donors (Lipinski definition) is 2. The summed E-state index contributed by atoms with van der Waals surface area (Å²) in [7, 11) is 1.65. The number of nitrogens with one attached hydrogen (secondary N) is 2. The number of amides is 1. The monoisotopic (exact) mass is 265 g/mol. The number of hydrogen-bond acceptors (Lipinski definition) is 4. The molecule has 1 atom stereocenters. The lowest BCUT2D eigenvalue weighted by molar-refractivity contribution is -0.122. The quantitative estimate of drug-likeness (QED) is 0.689. The molecule has 0 saturated heterocycles. The van der Waals surface area contributed by atoms with Crippen molar-refractivity contribution in [3.05, 3.63) is 29.6 Å². The fraction of sp³-hybridized carbons (Fsp3) is 0.571. The predicted octanol–water partition coefficient (Wildman–Crippen LogP) is 1.02. The molecule has 0 bridgehead atoms. The molecule has 1 aromatic rings. The molecular weight excluding hydrogens is 242 g/mol. The summed E-state index contributed by atoms with van der Waals surface area (Å²) in [6.07, 6.45) is 0.828. The van der Waals surface area contributed by atoms with E-state index in [1.807, 2.05) is 32.0 Å². The second-order valence-electron chi connectivity index (χ2n) is 4.51. The normalized spacial score (nSPS) is 12.2. The maximum absolute atomic E-state index is 11.8. The highest BCUT2D eigenvalue weighted by Crippen LogP contribution is 1.98. The number of aryl methyl sites for hydroxylation is 1. The second-order valence-corrected chi connectivity index (χ2v) is 4.51. The number of carbonyl (C=O) groups excluding carboxylic acids is 1. The Morgan fingerprint density at radius 2 is 2.26 bits per heavy atom. The molecule has 0 fully saturated rings. The number of ether oxygens (including phenoxy) is 1. The zero-order valence-corrected chi connectivity index (χ0v) is 11.9. The van der Waals surface area contributed by atoms with Crippen LogP contribution in [0.5, 0.6) is 0 Å². The highest BCUT2D eigenvalue weighted by Gasteiger charge is 2.11. The summed E-state index contributed by atoms with van der Waals surface area (Å²) in [6.45, 7) is 5.70. The van der Waals surface area contributed by atoms with Gasteiger partial charge in [-0.1, -0.05) is 6.07 Å². The first-order chi connectivity index (χ1) is 9.13. The molecule has 0 aliphatic heterocycles. The number of nitrogens with zero attached hydrogens (tertiary/aromatic N) is 1. The summed E-state index contributed by atoms with van der Waals surface area (Å²) < 4.78 is 4.93. The molecule has 19 heavy (non-hydrogen) atoms. The van der Waals surface area contributed by atoms with E-state index >= 15 is 0 Å². The molecule has 0 aliphatic carbocycles. The maximum Gasteiger partial charge on any atom is 0.236 e. The van der Waals surface area contributed by atoms with Crippen LogP contribution in [0.25, 0.3) is 0 Å². The molecule has 5 heteroatoms. The van der Waals surface area contributed by atoms with Gasteiger partial charge >= 0.3 is 0 Å². The Bertz CT molecular complexity index is 396. The summed E-state index contributed by atoms with van der Waals surface area (Å²) in [5.74, 6) is 0.00348. The van der Waals surface area contributed by atoms with E-state index in [9.17, 15) is 4.79 Å². The molecule has 0 aliphatic rings. The number of carbonyl (C=O) groups is 1. The van der Waals surface area contributed by atoms with Crippen LogP contribution in [0.15, 0.2) is 18.2 Å². The maximum atomic E-state index is 11.8. The molecular formula is C14H23N3O2. The van der Waals surface area contributed by atoms with Gasteiger partial charge < -0.3 is 15.4 Å². The van der Waals surface area contributed by atoms with Gasteiger partial charge in [-0.2, -0.15) is 0 Å². The van der Waals surface area contributed by atoms with Crippen molar-refractivity contribution in [1.29, 1.82) is 0 Å². The van der Waals surface area contributed by atoms with Crippen LogP contribution >= 0.6 is 0 Å². The van der Waals surface area contributed by atoms with Crippen molar-refractivity contribution >= 4 is 5.91 Å². The van der Waals surface area contributed by atoms with E-state index in [2.05, 4.69) is 15.6 Å². The van der Waals surface area contributed by atoms with Crippen molar-refractivity contribution in [2.24, 2.45) is 0 Å². The first kappa shape index (κ1) is 15.6. The van der Waals surface area contributed by atoms with Crippen LogP contribution in [-0.2, 0) is 16.1 Å². The van der Waals surface area contributed by atoms with Crippen molar-refractivity contribution in [2.45, 2.75) is 32.9 Å². The topological polar surface area (TPSA) is 63.2 Å². The van der Waals surface area contributed by atoms with Gasteiger partial charge in [0.25, 0.3) is 0 Å². The lowest BCUT2D eigenvalue weighted by Crippen LogP contribution is -2.42. The van der Waals surface area contributed by atoms with E-state index in [4.69, 9.17) is 4.74 Å². The third kappa shape index (κ3) is 6.31. The molecule has 5 nitrogen and oxygen atoms in total. The van der Waals surface area contributed by atoms with Crippen LogP contribution in [-0.4, -0.2) is 37.2 Å². The van der Waals surface area contributed by atoms with Crippen LogP contribution in [0.1, 0.15) is 24.7 Å². The second kappa shape index (κ2) is 8.61. The standard InChI is InChI=1S/C14H23N3O2/c1-11-6-4-7-13(17-11)10-16-12(2)14(18)15-8-5-9-19-3/h4,6-7,12,16H,5,8-10H2,1-3H3,(H,15,18). The van der Waals surface area contributed by atoms with Gasteiger partial charge in [-0.15, -0.1) is 0 Å². The van der Waals surface area contributed by atoms with Crippen molar-refractivity contribution in [1.82, 2.24) is 15.6 Å². The van der Waals surface area contributed by atoms with Gasteiger partial charge in [-0.25, -0.2) is 0 Å². The summed E-state index contributed by atoms with van der Waals surface area (Å²) in [5, 5.41) is 6.02. The van der Waals surface area contributed by atoms with Crippen LogP contribution < -0.4 is 10.6 Å². The molecule has 0 saturated carbocycles. The third-order valence-corrected chi connectivity index (χ3v) is 2.75. The Hall–Kier alpha value is -1.46. The van der Waals surface area contributed by atoms with Gasteiger partial charge in [0.1, 0.15) is 0 Å².